The normalized spacial score (nSPS) is 23.9. The van der Waals surface area contributed by atoms with Gasteiger partial charge in [0.1, 0.15) is 0 Å². The average molecular weight is 463 g/mol. The highest BCUT2D eigenvalue weighted by Gasteiger charge is 2.50. The monoisotopic (exact) mass is 463 g/mol. The number of carbonyl (C=O) groups excluding carboxylic acids is 1. The lowest BCUT2D eigenvalue weighted by molar-refractivity contribution is -0.192. The van der Waals surface area contributed by atoms with Crippen molar-refractivity contribution < 1.29 is 47.2 Å². The summed E-state index contributed by atoms with van der Waals surface area (Å²) in [6, 6.07) is 0. The van der Waals surface area contributed by atoms with Gasteiger partial charge in [-0.05, 0) is 25.7 Å². The Labute approximate surface area is 173 Å². The molecule has 8 nitrogen and oxygen atoms in total. The summed E-state index contributed by atoms with van der Waals surface area (Å²) in [7, 11) is 3.10. The van der Waals surface area contributed by atoms with Gasteiger partial charge in [-0.1, -0.05) is 21.6 Å². The van der Waals surface area contributed by atoms with Crippen LogP contribution in [0.2, 0.25) is 0 Å². The predicted molar refractivity (Wildman–Crippen MR) is 101 cm³/mol. The number of ether oxygens (including phenoxy) is 2. The van der Waals surface area contributed by atoms with E-state index in [1.165, 1.54) is 10.8 Å². The quantitative estimate of drug-likeness (QED) is 0.349. The molecule has 0 saturated carbocycles. The maximum Gasteiger partial charge on any atom is 0.490 e. The van der Waals surface area contributed by atoms with Crippen LogP contribution in [0, 0.1) is 0 Å². The largest absolute Gasteiger partial charge is 0.490 e. The van der Waals surface area contributed by atoms with E-state index in [4.69, 9.17) is 24.5 Å². The van der Waals surface area contributed by atoms with Crippen LogP contribution < -0.4 is 5.32 Å². The third kappa shape index (κ3) is 9.01. The lowest BCUT2D eigenvalue weighted by Gasteiger charge is -2.32. The van der Waals surface area contributed by atoms with Crippen LogP contribution in [-0.4, -0.2) is 77.2 Å². The number of carboxylic acid groups (broad SMARTS) is 2. The van der Waals surface area contributed by atoms with E-state index in [0.29, 0.717) is 25.5 Å². The molecule has 2 rings (SSSR count). The molecule has 2 heterocycles. The summed E-state index contributed by atoms with van der Waals surface area (Å²) in [5, 5.41) is 18.6. The van der Waals surface area contributed by atoms with Crippen molar-refractivity contribution in [3.05, 3.63) is 0 Å². The van der Waals surface area contributed by atoms with Gasteiger partial charge in [-0.15, -0.1) is 0 Å². The maximum atomic E-state index is 12.5. The number of hydrogen-bond donors (Lipinski definition) is 3. The highest BCUT2D eigenvalue weighted by atomic mass is 33.1. The summed E-state index contributed by atoms with van der Waals surface area (Å²) in [6.07, 6.45) is -1.55. The Morgan fingerprint density at radius 2 is 1.76 bits per heavy atom. The van der Waals surface area contributed by atoms with Crippen LogP contribution in [0.15, 0.2) is 0 Å². The minimum absolute atomic E-state index is 0.0620. The molecule has 168 valence electrons. The van der Waals surface area contributed by atoms with E-state index >= 15 is 0 Å². The molecule has 0 aliphatic carbocycles. The zero-order valence-electron chi connectivity index (χ0n) is 15.5. The van der Waals surface area contributed by atoms with Crippen molar-refractivity contribution in [1.29, 1.82) is 0 Å². The molecule has 2 aliphatic heterocycles. The van der Waals surface area contributed by atoms with Crippen molar-refractivity contribution in [2.45, 2.75) is 50.0 Å². The SMILES string of the molecule is O=C(O)C(F)(F)F.O=C(O)CCSSCCNC(=O)C1(C2CCCO2)CCCO1. The Bertz CT molecular complexity index is 551. The molecule has 2 unspecified atom stereocenters. The van der Waals surface area contributed by atoms with Gasteiger partial charge in [-0.2, -0.15) is 13.2 Å². The molecule has 2 saturated heterocycles. The van der Waals surface area contributed by atoms with Gasteiger partial charge in [0.05, 0.1) is 12.5 Å². The van der Waals surface area contributed by atoms with Crippen LogP contribution in [0.25, 0.3) is 0 Å². The van der Waals surface area contributed by atoms with Crippen LogP contribution in [0.1, 0.15) is 32.1 Å². The molecule has 3 N–H and O–H groups in total. The Morgan fingerprint density at radius 1 is 1.10 bits per heavy atom. The van der Waals surface area contributed by atoms with Crippen LogP contribution in [-0.2, 0) is 23.9 Å². The van der Waals surface area contributed by atoms with E-state index in [1.807, 2.05) is 0 Å². The maximum absolute atomic E-state index is 12.5. The third-order valence-electron chi connectivity index (χ3n) is 4.08. The zero-order chi connectivity index (χ0) is 21.9. The van der Waals surface area contributed by atoms with Crippen LogP contribution >= 0.6 is 21.6 Å². The second-order valence-electron chi connectivity index (χ2n) is 6.19. The van der Waals surface area contributed by atoms with Gasteiger partial charge in [0, 0.05) is 31.3 Å². The molecule has 1 amide bonds. The van der Waals surface area contributed by atoms with Gasteiger partial charge in [0.2, 0.25) is 0 Å². The first-order valence-electron chi connectivity index (χ1n) is 8.90. The fourth-order valence-electron chi connectivity index (χ4n) is 2.79. The minimum Gasteiger partial charge on any atom is -0.481 e. The first kappa shape index (κ1) is 25.9. The van der Waals surface area contributed by atoms with E-state index < -0.39 is 23.7 Å². The lowest BCUT2D eigenvalue weighted by atomic mass is 9.90. The summed E-state index contributed by atoms with van der Waals surface area (Å²) in [4.78, 5) is 31.8. The Balaban J connectivity index is 0.000000516. The molecule has 13 heteroatoms. The lowest BCUT2D eigenvalue weighted by Crippen LogP contribution is -2.54. The fraction of sp³-hybridized carbons (Fsp3) is 0.812. The minimum atomic E-state index is -5.08. The molecule has 0 aromatic rings. The van der Waals surface area contributed by atoms with Crippen molar-refractivity contribution >= 4 is 39.4 Å². The molecule has 0 spiro atoms. The van der Waals surface area contributed by atoms with Crippen LogP contribution in [0.5, 0.6) is 0 Å². The zero-order valence-corrected chi connectivity index (χ0v) is 17.2. The molecule has 29 heavy (non-hydrogen) atoms. The highest BCUT2D eigenvalue weighted by molar-refractivity contribution is 8.76. The summed E-state index contributed by atoms with van der Waals surface area (Å²) in [5.74, 6) is -2.27. The molecule has 0 bridgehead atoms. The van der Waals surface area contributed by atoms with Gasteiger partial charge in [-0.3, -0.25) is 9.59 Å². The van der Waals surface area contributed by atoms with Crippen molar-refractivity contribution in [3.8, 4) is 0 Å². The predicted octanol–water partition coefficient (Wildman–Crippen LogP) is 2.32. The summed E-state index contributed by atoms with van der Waals surface area (Å²) in [6.45, 7) is 1.88. The van der Waals surface area contributed by atoms with Gasteiger partial charge in [0.15, 0.2) is 5.60 Å². The van der Waals surface area contributed by atoms with Gasteiger partial charge in [-0.25, -0.2) is 4.79 Å². The van der Waals surface area contributed by atoms with Crippen molar-refractivity contribution in [2.24, 2.45) is 0 Å². The average Bonchev–Trinajstić information content (AvgIpc) is 3.32. The van der Waals surface area contributed by atoms with E-state index in [1.54, 1.807) is 10.8 Å². The second-order valence-corrected chi connectivity index (χ2v) is 8.89. The number of carboxylic acids is 2. The Kier molecular flexibility index (Phi) is 11.1. The third-order valence-corrected chi connectivity index (χ3v) is 6.49. The number of nitrogens with one attached hydrogen (secondary N) is 1. The number of rotatable bonds is 9. The first-order valence-corrected chi connectivity index (χ1v) is 11.4. The van der Waals surface area contributed by atoms with E-state index in [-0.39, 0.29) is 18.4 Å². The Morgan fingerprint density at radius 3 is 2.24 bits per heavy atom. The summed E-state index contributed by atoms with van der Waals surface area (Å²) >= 11 is 0. The first-order chi connectivity index (χ1) is 13.6. The number of alkyl halides is 3. The summed E-state index contributed by atoms with van der Waals surface area (Å²) < 4.78 is 43.2. The Hall–Kier alpha value is -1.18. The van der Waals surface area contributed by atoms with Crippen molar-refractivity contribution in [3.63, 3.8) is 0 Å². The molecule has 2 aliphatic rings. The van der Waals surface area contributed by atoms with Crippen LogP contribution in [0.3, 0.4) is 0 Å². The second kappa shape index (κ2) is 12.5. The van der Waals surface area contributed by atoms with Gasteiger partial charge < -0.3 is 25.0 Å². The van der Waals surface area contributed by atoms with Crippen molar-refractivity contribution in [2.75, 3.05) is 31.3 Å². The highest BCUT2D eigenvalue weighted by Crippen LogP contribution is 2.36. The molecule has 2 atom stereocenters. The van der Waals surface area contributed by atoms with Crippen molar-refractivity contribution in [1.82, 2.24) is 5.32 Å². The summed E-state index contributed by atoms with van der Waals surface area (Å²) in [5.41, 5.74) is -0.794. The molecule has 2 fully saturated rings. The fourth-order valence-corrected chi connectivity index (χ4v) is 4.67. The number of halogens is 3. The van der Waals surface area contributed by atoms with E-state index in [2.05, 4.69) is 5.32 Å². The number of aliphatic carboxylic acids is 2. The van der Waals surface area contributed by atoms with E-state index in [0.717, 1.165) is 31.4 Å². The standard InChI is InChI=1S/C14H23NO5S2.C2HF3O2/c16-12(17)4-9-21-22-10-6-15-13(18)14(5-2-8-20-14)11-3-1-7-19-11;3-2(4,5)1(6)7/h11H,1-10H2,(H,15,18)(H,16,17);(H,6,7). The molecule has 0 radical (unpaired) electrons. The topological polar surface area (TPSA) is 122 Å². The van der Waals surface area contributed by atoms with Crippen LogP contribution in [0.4, 0.5) is 13.2 Å². The number of amides is 1. The number of hydrogen-bond acceptors (Lipinski definition) is 7. The molecule has 0 aromatic heterocycles. The van der Waals surface area contributed by atoms with Gasteiger partial charge >= 0.3 is 18.1 Å². The van der Waals surface area contributed by atoms with E-state index in [9.17, 15) is 22.8 Å². The molecular formula is C16H24F3NO7S2. The number of carbonyl (C=O) groups is 3. The van der Waals surface area contributed by atoms with Gasteiger partial charge in [0.25, 0.3) is 5.91 Å². The molecule has 0 aromatic carbocycles. The molecular weight excluding hydrogens is 439 g/mol. The smallest absolute Gasteiger partial charge is 0.481 e.